The molecule has 1 aliphatic rings. The third-order valence-electron chi connectivity index (χ3n) is 3.91. The molecule has 1 amide bonds. The normalized spacial score (nSPS) is 17.4. The van der Waals surface area contributed by atoms with Crippen molar-refractivity contribution in [2.45, 2.75) is 32.4 Å². The first-order valence-corrected chi connectivity index (χ1v) is 7.00. The summed E-state index contributed by atoms with van der Waals surface area (Å²) >= 11 is 0. The Morgan fingerprint density at radius 2 is 2.33 bits per heavy atom. The molecule has 3 rings (SSSR count). The van der Waals surface area contributed by atoms with Crippen molar-refractivity contribution in [1.29, 1.82) is 0 Å². The Morgan fingerprint density at radius 1 is 1.52 bits per heavy atom. The minimum absolute atomic E-state index is 0.199. The lowest BCUT2D eigenvalue weighted by Crippen LogP contribution is -2.36. The van der Waals surface area contributed by atoms with Crippen LogP contribution in [-0.4, -0.2) is 17.1 Å². The number of nitrogens with two attached hydrogens (primary N) is 1. The largest absolute Gasteiger partial charge is 0.361 e. The number of anilines is 1. The first kappa shape index (κ1) is 13.6. The van der Waals surface area contributed by atoms with Crippen LogP contribution >= 0.6 is 0 Å². The summed E-state index contributed by atoms with van der Waals surface area (Å²) in [4.78, 5) is 13.7. The Hall–Kier alpha value is -2.34. The Labute approximate surface area is 122 Å². The average Bonchev–Trinajstić information content (AvgIpc) is 2.98. The van der Waals surface area contributed by atoms with Crippen LogP contribution < -0.4 is 16.2 Å². The van der Waals surface area contributed by atoms with Gasteiger partial charge in [-0.2, -0.15) is 0 Å². The van der Waals surface area contributed by atoms with E-state index in [-0.39, 0.29) is 5.69 Å². The van der Waals surface area contributed by atoms with Gasteiger partial charge in [0.2, 0.25) is 0 Å². The second-order valence-electron chi connectivity index (χ2n) is 5.30. The number of aryl methyl sites for hydroxylation is 1. The number of rotatable bonds is 3. The van der Waals surface area contributed by atoms with Crippen molar-refractivity contribution in [3.63, 3.8) is 0 Å². The van der Waals surface area contributed by atoms with Gasteiger partial charge in [-0.05, 0) is 31.4 Å². The number of carbonyl (C=O) groups is 1. The van der Waals surface area contributed by atoms with Crippen molar-refractivity contribution >= 4 is 11.6 Å². The van der Waals surface area contributed by atoms with Gasteiger partial charge in [0.05, 0.1) is 6.54 Å². The van der Waals surface area contributed by atoms with Gasteiger partial charge in [-0.25, -0.2) is 5.84 Å². The van der Waals surface area contributed by atoms with E-state index in [4.69, 9.17) is 10.4 Å². The predicted octanol–water partition coefficient (Wildman–Crippen LogP) is 1.62. The van der Waals surface area contributed by atoms with E-state index in [0.29, 0.717) is 18.3 Å². The van der Waals surface area contributed by atoms with Crippen LogP contribution in [0.5, 0.6) is 0 Å². The van der Waals surface area contributed by atoms with E-state index in [0.717, 1.165) is 12.8 Å². The summed E-state index contributed by atoms with van der Waals surface area (Å²) in [5.41, 5.74) is 4.81. The summed E-state index contributed by atoms with van der Waals surface area (Å²) in [5, 5.41) is 3.74. The summed E-state index contributed by atoms with van der Waals surface area (Å²) in [5.74, 6) is 5.29. The van der Waals surface area contributed by atoms with Crippen LogP contribution in [0.15, 0.2) is 34.9 Å². The van der Waals surface area contributed by atoms with Crippen LogP contribution in [0.25, 0.3) is 0 Å². The predicted molar refractivity (Wildman–Crippen MR) is 78.6 cm³/mol. The molecule has 6 nitrogen and oxygen atoms in total. The summed E-state index contributed by atoms with van der Waals surface area (Å²) in [6.45, 7) is 2.78. The van der Waals surface area contributed by atoms with Gasteiger partial charge >= 0.3 is 0 Å². The van der Waals surface area contributed by atoms with Crippen LogP contribution in [-0.2, 0) is 13.0 Å². The van der Waals surface area contributed by atoms with Crippen LogP contribution in [0.1, 0.15) is 35.2 Å². The summed E-state index contributed by atoms with van der Waals surface area (Å²) in [6, 6.07) is 10.4. The van der Waals surface area contributed by atoms with E-state index >= 15 is 0 Å². The molecule has 0 bridgehead atoms. The molecule has 1 atom stereocenters. The molecule has 0 aliphatic carbocycles. The minimum atomic E-state index is -0.447. The van der Waals surface area contributed by atoms with Crippen molar-refractivity contribution in [2.24, 2.45) is 5.84 Å². The third-order valence-corrected chi connectivity index (χ3v) is 3.91. The van der Waals surface area contributed by atoms with Gasteiger partial charge in [-0.3, -0.25) is 10.2 Å². The fraction of sp³-hybridized carbons (Fsp3) is 0.333. The lowest BCUT2D eigenvalue weighted by Gasteiger charge is -2.36. The van der Waals surface area contributed by atoms with Gasteiger partial charge in [0.15, 0.2) is 11.5 Å². The number of nitrogens with one attached hydrogen (secondary N) is 1. The van der Waals surface area contributed by atoms with Crippen LogP contribution in [0, 0.1) is 0 Å². The summed E-state index contributed by atoms with van der Waals surface area (Å²) in [6.07, 6.45) is 2.19. The number of nitrogens with zero attached hydrogens (tertiary/aromatic N) is 2. The molecular formula is C15H18N4O2. The van der Waals surface area contributed by atoms with E-state index in [1.807, 2.05) is 11.5 Å². The SMILES string of the molecule is CC1CCc2ccccc2N1Cc1cc(C(=O)NN)no1. The molecule has 1 aromatic heterocycles. The number of fused-ring (bicyclic) bond motifs is 1. The van der Waals surface area contributed by atoms with Crippen molar-refractivity contribution in [3.8, 4) is 0 Å². The molecule has 0 saturated heterocycles. The zero-order chi connectivity index (χ0) is 14.8. The molecule has 110 valence electrons. The summed E-state index contributed by atoms with van der Waals surface area (Å²) in [7, 11) is 0. The lowest BCUT2D eigenvalue weighted by molar-refractivity contribution is 0.0944. The molecule has 0 fully saturated rings. The van der Waals surface area contributed by atoms with E-state index in [9.17, 15) is 4.79 Å². The average molecular weight is 286 g/mol. The molecule has 0 radical (unpaired) electrons. The molecule has 21 heavy (non-hydrogen) atoms. The van der Waals surface area contributed by atoms with Crippen LogP contribution in [0.2, 0.25) is 0 Å². The first-order chi connectivity index (χ1) is 10.2. The number of amides is 1. The minimum Gasteiger partial charge on any atom is -0.361 e. The van der Waals surface area contributed by atoms with Crippen LogP contribution in [0.4, 0.5) is 5.69 Å². The van der Waals surface area contributed by atoms with Crippen molar-refractivity contribution in [3.05, 3.63) is 47.3 Å². The standard InChI is InChI=1S/C15H18N4O2/c1-10-6-7-11-4-2-3-5-14(11)19(10)9-12-8-13(18-21-12)15(20)17-16/h2-5,8,10H,6-7,9,16H2,1H3,(H,17,20). The number of benzene rings is 1. The highest BCUT2D eigenvalue weighted by molar-refractivity contribution is 5.91. The monoisotopic (exact) mass is 286 g/mol. The number of hydrogen-bond donors (Lipinski definition) is 2. The van der Waals surface area contributed by atoms with E-state index < -0.39 is 5.91 Å². The molecule has 6 heteroatoms. The zero-order valence-corrected chi connectivity index (χ0v) is 11.9. The highest BCUT2D eigenvalue weighted by Gasteiger charge is 2.24. The van der Waals surface area contributed by atoms with Gasteiger partial charge in [-0.1, -0.05) is 23.4 Å². The Bertz CT molecular complexity index is 653. The maximum Gasteiger partial charge on any atom is 0.287 e. The second-order valence-corrected chi connectivity index (χ2v) is 5.30. The van der Waals surface area contributed by atoms with Gasteiger partial charge in [-0.15, -0.1) is 0 Å². The van der Waals surface area contributed by atoms with Gasteiger partial charge in [0.25, 0.3) is 5.91 Å². The molecule has 1 aliphatic heterocycles. The first-order valence-electron chi connectivity index (χ1n) is 7.00. The maximum atomic E-state index is 11.4. The highest BCUT2D eigenvalue weighted by Crippen LogP contribution is 2.31. The molecule has 1 aromatic carbocycles. The molecule has 2 heterocycles. The number of aromatic nitrogens is 1. The second kappa shape index (κ2) is 5.57. The van der Waals surface area contributed by atoms with Crippen molar-refractivity contribution in [2.75, 3.05) is 4.90 Å². The van der Waals surface area contributed by atoms with E-state index in [1.54, 1.807) is 6.07 Å². The highest BCUT2D eigenvalue weighted by atomic mass is 16.5. The molecule has 1 unspecified atom stereocenters. The van der Waals surface area contributed by atoms with Crippen LogP contribution in [0.3, 0.4) is 0 Å². The molecule has 0 spiro atoms. The topological polar surface area (TPSA) is 84.4 Å². The Morgan fingerprint density at radius 3 is 3.14 bits per heavy atom. The number of hydrogen-bond acceptors (Lipinski definition) is 5. The number of carbonyl (C=O) groups excluding carboxylic acids is 1. The van der Waals surface area contributed by atoms with E-state index in [1.165, 1.54) is 11.3 Å². The molecular weight excluding hydrogens is 268 g/mol. The molecule has 0 saturated carbocycles. The van der Waals surface area contributed by atoms with Crippen molar-refractivity contribution in [1.82, 2.24) is 10.6 Å². The zero-order valence-electron chi connectivity index (χ0n) is 11.9. The van der Waals surface area contributed by atoms with E-state index in [2.05, 4.69) is 35.2 Å². The summed E-state index contributed by atoms with van der Waals surface area (Å²) < 4.78 is 5.25. The van der Waals surface area contributed by atoms with Gasteiger partial charge in [0, 0.05) is 17.8 Å². The van der Waals surface area contributed by atoms with Gasteiger partial charge in [0.1, 0.15) is 0 Å². The fourth-order valence-electron chi connectivity index (χ4n) is 2.74. The number of para-hydroxylation sites is 1. The third kappa shape index (κ3) is 2.62. The Kier molecular flexibility index (Phi) is 3.62. The smallest absolute Gasteiger partial charge is 0.287 e. The van der Waals surface area contributed by atoms with Gasteiger partial charge < -0.3 is 9.42 Å². The van der Waals surface area contributed by atoms with Crippen molar-refractivity contribution < 1.29 is 9.32 Å². The Balaban J connectivity index is 1.84. The maximum absolute atomic E-state index is 11.4. The lowest BCUT2D eigenvalue weighted by atomic mass is 9.96. The quantitative estimate of drug-likeness (QED) is 0.509. The fourth-order valence-corrected chi connectivity index (χ4v) is 2.74. The molecule has 3 N–H and O–H groups in total. The number of nitrogen functional groups attached to an aromatic ring is 1. The molecule has 2 aromatic rings. The number of hydrazine groups is 1.